The standard InChI is InChI=1S/C28H28Cl2O2/c1-27(2,15-29)23-13-21(17-9-5-7-11-19(17)25(23)31)22-14-24(28(3,4)16-30)26(32)20-12-8-6-10-18(20)22/h5-14,25,31H,15-16H2,1-4H3/b22-21+. The maximum atomic E-state index is 13.4. The molecular formula is C28H28Cl2O2. The van der Waals surface area contributed by atoms with Gasteiger partial charge in [0, 0.05) is 33.7 Å². The van der Waals surface area contributed by atoms with Gasteiger partial charge in [0.05, 0.1) is 0 Å². The quantitative estimate of drug-likeness (QED) is 0.482. The summed E-state index contributed by atoms with van der Waals surface area (Å²) in [4.78, 5) is 13.4. The van der Waals surface area contributed by atoms with E-state index in [1.54, 1.807) is 0 Å². The van der Waals surface area contributed by atoms with Gasteiger partial charge in [-0.25, -0.2) is 0 Å². The number of carbonyl (C=O) groups is 1. The number of fused-ring (bicyclic) bond motifs is 2. The first-order valence-corrected chi connectivity index (χ1v) is 11.9. The van der Waals surface area contributed by atoms with Crippen molar-refractivity contribution >= 4 is 40.1 Å². The Morgan fingerprint density at radius 3 is 1.94 bits per heavy atom. The van der Waals surface area contributed by atoms with Crippen molar-refractivity contribution in [1.82, 2.24) is 0 Å². The van der Waals surface area contributed by atoms with Crippen LogP contribution in [0.4, 0.5) is 0 Å². The molecule has 4 heteroatoms. The zero-order chi connectivity index (χ0) is 23.3. The number of halogens is 2. The first-order chi connectivity index (χ1) is 15.1. The maximum absolute atomic E-state index is 13.4. The van der Waals surface area contributed by atoms with Gasteiger partial charge in [-0.15, -0.1) is 23.2 Å². The van der Waals surface area contributed by atoms with Crippen LogP contribution in [0.5, 0.6) is 0 Å². The molecule has 4 rings (SSSR count). The minimum atomic E-state index is -0.729. The second-order valence-electron chi connectivity index (χ2n) is 9.88. The third-order valence-corrected chi connectivity index (χ3v) is 7.94. The molecule has 0 aromatic heterocycles. The van der Waals surface area contributed by atoms with Gasteiger partial charge >= 0.3 is 0 Å². The van der Waals surface area contributed by atoms with Crippen molar-refractivity contribution in [3.05, 3.63) is 94.1 Å². The number of aliphatic hydroxyl groups is 1. The Morgan fingerprint density at radius 2 is 1.31 bits per heavy atom. The van der Waals surface area contributed by atoms with Crippen molar-refractivity contribution in [2.45, 2.75) is 33.8 Å². The Bertz CT molecular complexity index is 1180. The molecule has 0 heterocycles. The van der Waals surface area contributed by atoms with Gasteiger partial charge < -0.3 is 5.11 Å². The van der Waals surface area contributed by atoms with Crippen LogP contribution in [0.25, 0.3) is 11.1 Å². The van der Waals surface area contributed by atoms with Crippen LogP contribution in [0.3, 0.4) is 0 Å². The normalized spacial score (nSPS) is 21.0. The molecule has 0 radical (unpaired) electrons. The van der Waals surface area contributed by atoms with Crippen molar-refractivity contribution in [3.63, 3.8) is 0 Å². The number of alkyl halides is 2. The lowest BCUT2D eigenvalue weighted by atomic mass is 9.71. The Morgan fingerprint density at radius 1 is 0.781 bits per heavy atom. The van der Waals surface area contributed by atoms with Crippen molar-refractivity contribution in [3.8, 4) is 0 Å². The maximum Gasteiger partial charge on any atom is 0.190 e. The summed E-state index contributed by atoms with van der Waals surface area (Å²) in [5.74, 6) is 0.742. The highest BCUT2D eigenvalue weighted by Gasteiger charge is 2.37. The van der Waals surface area contributed by atoms with E-state index in [2.05, 4.69) is 6.08 Å². The van der Waals surface area contributed by atoms with Crippen molar-refractivity contribution in [1.29, 1.82) is 0 Å². The molecule has 0 saturated heterocycles. The fourth-order valence-electron chi connectivity index (χ4n) is 4.47. The molecule has 1 unspecified atom stereocenters. The molecular weight excluding hydrogens is 439 g/mol. The summed E-state index contributed by atoms with van der Waals surface area (Å²) < 4.78 is 0. The third-order valence-electron chi connectivity index (χ3n) is 6.60. The van der Waals surface area contributed by atoms with Crippen LogP contribution in [-0.4, -0.2) is 22.6 Å². The predicted molar refractivity (Wildman–Crippen MR) is 134 cm³/mol. The van der Waals surface area contributed by atoms with E-state index < -0.39 is 16.9 Å². The zero-order valence-electron chi connectivity index (χ0n) is 18.9. The number of hydrogen-bond acceptors (Lipinski definition) is 2. The molecule has 2 aliphatic rings. The molecule has 32 heavy (non-hydrogen) atoms. The molecule has 2 aliphatic carbocycles. The number of aliphatic hydroxyl groups excluding tert-OH is 1. The van der Waals surface area contributed by atoms with Gasteiger partial charge in [0.1, 0.15) is 6.10 Å². The summed E-state index contributed by atoms with van der Waals surface area (Å²) in [5.41, 5.74) is 6.04. The van der Waals surface area contributed by atoms with Gasteiger partial charge in [-0.3, -0.25) is 4.79 Å². The van der Waals surface area contributed by atoms with Crippen LogP contribution < -0.4 is 0 Å². The molecule has 0 amide bonds. The number of hydrogen-bond donors (Lipinski definition) is 1. The monoisotopic (exact) mass is 466 g/mol. The first kappa shape index (κ1) is 23.0. The van der Waals surface area contributed by atoms with E-state index in [9.17, 15) is 9.90 Å². The highest BCUT2D eigenvalue weighted by atomic mass is 35.5. The van der Waals surface area contributed by atoms with E-state index >= 15 is 0 Å². The van der Waals surface area contributed by atoms with Crippen LogP contribution in [0.15, 0.2) is 71.8 Å². The Kier molecular flexibility index (Phi) is 6.00. The number of allylic oxidation sites excluding steroid dienone is 5. The molecule has 166 valence electrons. The summed E-state index contributed by atoms with van der Waals surface area (Å²) >= 11 is 12.6. The molecule has 0 aliphatic heterocycles. The van der Waals surface area contributed by atoms with E-state index in [-0.39, 0.29) is 5.78 Å². The van der Waals surface area contributed by atoms with Gasteiger partial charge in [-0.1, -0.05) is 82.3 Å². The van der Waals surface area contributed by atoms with Crippen LogP contribution in [-0.2, 0) is 0 Å². The number of rotatable bonds is 4. The average Bonchev–Trinajstić information content (AvgIpc) is 2.80. The Labute approximate surface area is 200 Å². The SMILES string of the molecule is CC(C)(CCl)C1=C/C(=C2/C=C(C(C)(C)CCl)C(O)c3ccccc32)c2ccccc2C1=O. The van der Waals surface area contributed by atoms with E-state index in [1.165, 1.54) is 0 Å². The van der Waals surface area contributed by atoms with E-state index in [0.29, 0.717) is 22.9 Å². The summed E-state index contributed by atoms with van der Waals surface area (Å²) in [5, 5.41) is 11.2. The summed E-state index contributed by atoms with van der Waals surface area (Å²) in [6, 6.07) is 15.6. The largest absolute Gasteiger partial charge is 0.384 e. The third kappa shape index (κ3) is 3.69. The Balaban J connectivity index is 2.11. The predicted octanol–water partition coefficient (Wildman–Crippen LogP) is 7.22. The first-order valence-electron chi connectivity index (χ1n) is 10.8. The Hall–Kier alpha value is -2.13. The smallest absolute Gasteiger partial charge is 0.190 e. The topological polar surface area (TPSA) is 37.3 Å². The fourth-order valence-corrected chi connectivity index (χ4v) is 4.77. The zero-order valence-corrected chi connectivity index (χ0v) is 20.4. The van der Waals surface area contributed by atoms with E-state index in [0.717, 1.165) is 33.4 Å². The molecule has 2 aromatic carbocycles. The number of carbonyl (C=O) groups excluding carboxylic acids is 1. The van der Waals surface area contributed by atoms with Crippen LogP contribution in [0.2, 0.25) is 0 Å². The molecule has 2 aromatic rings. The minimum Gasteiger partial charge on any atom is -0.384 e. The molecule has 0 bridgehead atoms. The molecule has 2 nitrogen and oxygen atoms in total. The second kappa shape index (κ2) is 8.33. The molecule has 0 spiro atoms. The van der Waals surface area contributed by atoms with Crippen LogP contribution in [0, 0.1) is 10.8 Å². The van der Waals surface area contributed by atoms with Crippen molar-refractivity contribution in [2.75, 3.05) is 11.8 Å². The van der Waals surface area contributed by atoms with Gasteiger partial charge in [0.2, 0.25) is 0 Å². The molecule has 0 saturated carbocycles. The van der Waals surface area contributed by atoms with E-state index in [1.807, 2.05) is 82.3 Å². The van der Waals surface area contributed by atoms with E-state index in [4.69, 9.17) is 23.2 Å². The minimum absolute atomic E-state index is 0.0185. The van der Waals surface area contributed by atoms with Gasteiger partial charge in [0.25, 0.3) is 0 Å². The average molecular weight is 467 g/mol. The lowest BCUT2D eigenvalue weighted by molar-refractivity contribution is 0.101. The van der Waals surface area contributed by atoms with Gasteiger partial charge in [-0.2, -0.15) is 0 Å². The number of ketones is 1. The highest BCUT2D eigenvalue weighted by molar-refractivity contribution is 6.22. The van der Waals surface area contributed by atoms with Crippen LogP contribution >= 0.6 is 23.2 Å². The van der Waals surface area contributed by atoms with Gasteiger partial charge in [0.15, 0.2) is 5.78 Å². The number of benzene rings is 2. The number of Topliss-reactive ketones (excluding diaryl/α,β-unsaturated/α-hetero) is 1. The van der Waals surface area contributed by atoms with Crippen molar-refractivity contribution < 1.29 is 9.90 Å². The summed E-state index contributed by atoms with van der Waals surface area (Å²) in [7, 11) is 0. The summed E-state index contributed by atoms with van der Waals surface area (Å²) in [6.07, 6.45) is 3.34. The lowest BCUT2D eigenvalue weighted by Gasteiger charge is -2.35. The van der Waals surface area contributed by atoms with Crippen LogP contribution in [0.1, 0.15) is 60.8 Å². The lowest BCUT2D eigenvalue weighted by Crippen LogP contribution is -2.27. The fraction of sp³-hybridized carbons (Fsp3) is 0.321. The molecule has 1 atom stereocenters. The van der Waals surface area contributed by atoms with Crippen molar-refractivity contribution in [2.24, 2.45) is 10.8 Å². The molecule has 0 fully saturated rings. The summed E-state index contributed by atoms with van der Waals surface area (Å²) in [6.45, 7) is 8.08. The second-order valence-corrected chi connectivity index (χ2v) is 10.4. The highest BCUT2D eigenvalue weighted by Crippen LogP contribution is 2.48. The molecule has 1 N–H and O–H groups in total. The van der Waals surface area contributed by atoms with Gasteiger partial charge in [-0.05, 0) is 39.5 Å².